The van der Waals surface area contributed by atoms with Gasteiger partial charge in [-0.3, -0.25) is 14.9 Å². The Morgan fingerprint density at radius 1 is 1.29 bits per heavy atom. The molecule has 0 saturated heterocycles. The van der Waals surface area contributed by atoms with Crippen molar-refractivity contribution in [3.8, 4) is 0 Å². The van der Waals surface area contributed by atoms with Crippen molar-refractivity contribution in [2.45, 2.75) is 45.6 Å². The van der Waals surface area contributed by atoms with E-state index in [1.807, 2.05) is 6.92 Å². The predicted octanol–water partition coefficient (Wildman–Crippen LogP) is 0.866. The minimum Gasteiger partial charge on any atom is -0.481 e. The second-order valence-electron chi connectivity index (χ2n) is 5.43. The summed E-state index contributed by atoms with van der Waals surface area (Å²) in [6.07, 6.45) is 1.57. The van der Waals surface area contributed by atoms with E-state index < -0.39 is 23.3 Å². The van der Waals surface area contributed by atoms with E-state index in [0.717, 1.165) is 12.8 Å². The zero-order valence-corrected chi connectivity index (χ0v) is 10.3. The quantitative estimate of drug-likeness (QED) is 0.681. The van der Waals surface area contributed by atoms with Gasteiger partial charge in [0.05, 0.1) is 5.41 Å². The highest BCUT2D eigenvalue weighted by molar-refractivity contribution is 5.96. The van der Waals surface area contributed by atoms with Crippen molar-refractivity contribution >= 4 is 17.9 Å². The first-order valence-electron chi connectivity index (χ1n) is 5.50. The fourth-order valence-corrected chi connectivity index (χ4v) is 1.27. The van der Waals surface area contributed by atoms with Crippen LogP contribution in [0.25, 0.3) is 0 Å². The van der Waals surface area contributed by atoms with E-state index in [4.69, 9.17) is 5.11 Å². The zero-order chi connectivity index (χ0) is 13.3. The molecule has 1 rings (SSSR count). The summed E-state index contributed by atoms with van der Waals surface area (Å²) < 4.78 is 0. The van der Waals surface area contributed by atoms with E-state index in [9.17, 15) is 14.4 Å². The zero-order valence-electron chi connectivity index (χ0n) is 10.3. The lowest BCUT2D eigenvalue weighted by Gasteiger charge is -2.18. The smallest absolute Gasteiger partial charge is 0.321 e. The molecule has 6 nitrogen and oxygen atoms in total. The summed E-state index contributed by atoms with van der Waals surface area (Å²) >= 11 is 0. The fraction of sp³-hybridized carbons (Fsp3) is 0.727. The van der Waals surface area contributed by atoms with Gasteiger partial charge in [-0.25, -0.2) is 4.79 Å². The molecule has 0 aromatic rings. The van der Waals surface area contributed by atoms with Gasteiger partial charge in [0.2, 0.25) is 5.91 Å². The third-order valence-corrected chi connectivity index (χ3v) is 2.85. The number of aliphatic carboxylic acids is 1. The Bertz CT molecular complexity index is 358. The molecule has 1 fully saturated rings. The van der Waals surface area contributed by atoms with E-state index in [2.05, 4.69) is 10.6 Å². The van der Waals surface area contributed by atoms with Crippen LogP contribution in [0.15, 0.2) is 0 Å². The predicted molar refractivity (Wildman–Crippen MR) is 60.3 cm³/mol. The number of urea groups is 1. The molecule has 0 aliphatic heterocycles. The Morgan fingerprint density at radius 2 is 1.82 bits per heavy atom. The molecule has 0 aromatic heterocycles. The van der Waals surface area contributed by atoms with E-state index >= 15 is 0 Å². The van der Waals surface area contributed by atoms with Gasteiger partial charge in [0.15, 0.2) is 0 Å². The molecule has 0 radical (unpaired) electrons. The first-order valence-corrected chi connectivity index (χ1v) is 5.50. The molecular formula is C11H18N2O4. The van der Waals surface area contributed by atoms with Gasteiger partial charge in [-0.2, -0.15) is 0 Å². The van der Waals surface area contributed by atoms with Gasteiger partial charge >= 0.3 is 12.0 Å². The van der Waals surface area contributed by atoms with Crippen molar-refractivity contribution in [1.29, 1.82) is 0 Å². The highest BCUT2D eigenvalue weighted by Crippen LogP contribution is 2.34. The third kappa shape index (κ3) is 4.05. The molecule has 0 aromatic carbocycles. The number of carboxylic acids is 1. The van der Waals surface area contributed by atoms with Gasteiger partial charge in [-0.05, 0) is 33.6 Å². The molecule has 3 N–H and O–H groups in total. The van der Waals surface area contributed by atoms with E-state index in [-0.39, 0.29) is 12.0 Å². The third-order valence-electron chi connectivity index (χ3n) is 2.85. The standard InChI is InChI=1S/C11H18N2O4/c1-10(2,8(15)16)6-7(14)12-9(17)13-11(3)4-5-11/h4-6H2,1-3H3,(H,15,16)(H2,12,13,14,17). The monoisotopic (exact) mass is 242 g/mol. The minimum absolute atomic E-state index is 0.202. The lowest BCUT2D eigenvalue weighted by atomic mass is 9.89. The maximum Gasteiger partial charge on any atom is 0.321 e. The summed E-state index contributed by atoms with van der Waals surface area (Å²) in [6.45, 7) is 4.77. The Hall–Kier alpha value is -1.59. The minimum atomic E-state index is -1.17. The van der Waals surface area contributed by atoms with Crippen molar-refractivity contribution in [1.82, 2.24) is 10.6 Å². The average molecular weight is 242 g/mol. The van der Waals surface area contributed by atoms with Crippen molar-refractivity contribution in [2.24, 2.45) is 5.41 Å². The fourth-order valence-electron chi connectivity index (χ4n) is 1.27. The number of amides is 3. The normalized spacial score (nSPS) is 17.1. The van der Waals surface area contributed by atoms with Crippen LogP contribution in [0, 0.1) is 5.41 Å². The first kappa shape index (κ1) is 13.5. The number of carbonyl (C=O) groups excluding carboxylic acids is 2. The van der Waals surface area contributed by atoms with E-state index in [1.54, 1.807) is 0 Å². The Kier molecular flexibility index (Phi) is 3.45. The highest BCUT2D eigenvalue weighted by atomic mass is 16.4. The number of hydrogen-bond donors (Lipinski definition) is 3. The summed E-state index contributed by atoms with van der Waals surface area (Å²) in [5.74, 6) is -1.65. The number of imide groups is 1. The Balaban J connectivity index is 2.39. The maximum absolute atomic E-state index is 11.4. The number of carbonyl (C=O) groups is 3. The van der Waals surface area contributed by atoms with Crippen LogP contribution >= 0.6 is 0 Å². The topological polar surface area (TPSA) is 95.5 Å². The molecule has 0 spiro atoms. The summed E-state index contributed by atoms with van der Waals surface area (Å²) in [6, 6.07) is -0.559. The van der Waals surface area contributed by atoms with Crippen molar-refractivity contribution in [3.63, 3.8) is 0 Å². The highest BCUT2D eigenvalue weighted by Gasteiger charge is 2.39. The van der Waals surface area contributed by atoms with E-state index in [1.165, 1.54) is 13.8 Å². The largest absolute Gasteiger partial charge is 0.481 e. The van der Waals surface area contributed by atoms with Gasteiger partial charge in [-0.1, -0.05) is 0 Å². The van der Waals surface area contributed by atoms with Gasteiger partial charge in [0.25, 0.3) is 0 Å². The number of nitrogens with one attached hydrogen (secondary N) is 2. The molecule has 0 bridgehead atoms. The second-order valence-corrected chi connectivity index (χ2v) is 5.43. The molecule has 96 valence electrons. The maximum atomic E-state index is 11.4. The molecule has 1 aliphatic carbocycles. The second kappa shape index (κ2) is 4.35. The summed E-state index contributed by atoms with van der Waals surface area (Å²) in [7, 11) is 0. The first-order chi connectivity index (χ1) is 7.65. The van der Waals surface area contributed by atoms with Gasteiger partial charge in [-0.15, -0.1) is 0 Å². The van der Waals surface area contributed by atoms with Gasteiger partial charge in [0, 0.05) is 12.0 Å². The molecule has 1 aliphatic rings. The van der Waals surface area contributed by atoms with Crippen LogP contribution in [0.4, 0.5) is 4.79 Å². The Labute approximate surface area is 99.8 Å². The number of hydrogen-bond acceptors (Lipinski definition) is 3. The average Bonchev–Trinajstić information content (AvgIpc) is 2.80. The van der Waals surface area contributed by atoms with Crippen LogP contribution in [0.2, 0.25) is 0 Å². The molecule has 0 atom stereocenters. The lowest BCUT2D eigenvalue weighted by Crippen LogP contribution is -2.46. The molecule has 1 saturated carbocycles. The van der Waals surface area contributed by atoms with Crippen LogP contribution < -0.4 is 10.6 Å². The van der Waals surface area contributed by atoms with Crippen LogP contribution in [-0.4, -0.2) is 28.6 Å². The number of rotatable bonds is 4. The molecule has 17 heavy (non-hydrogen) atoms. The van der Waals surface area contributed by atoms with Crippen LogP contribution in [0.3, 0.4) is 0 Å². The molecule has 0 heterocycles. The van der Waals surface area contributed by atoms with Crippen LogP contribution in [0.5, 0.6) is 0 Å². The summed E-state index contributed by atoms with van der Waals surface area (Å²) in [5, 5.41) is 13.6. The van der Waals surface area contributed by atoms with Crippen molar-refractivity contribution in [3.05, 3.63) is 0 Å². The van der Waals surface area contributed by atoms with Crippen molar-refractivity contribution < 1.29 is 19.5 Å². The molecule has 3 amide bonds. The SMILES string of the molecule is CC1(NC(=O)NC(=O)CC(C)(C)C(=O)O)CC1. The molecule has 0 unspecified atom stereocenters. The summed E-state index contributed by atoms with van der Waals surface area (Å²) in [5.41, 5.74) is -1.37. The van der Waals surface area contributed by atoms with Crippen LogP contribution in [-0.2, 0) is 9.59 Å². The van der Waals surface area contributed by atoms with Gasteiger partial charge in [0.1, 0.15) is 0 Å². The molecular weight excluding hydrogens is 224 g/mol. The lowest BCUT2D eigenvalue weighted by molar-refractivity contribution is -0.149. The van der Waals surface area contributed by atoms with Crippen LogP contribution in [0.1, 0.15) is 40.0 Å². The molecule has 6 heteroatoms. The summed E-state index contributed by atoms with van der Waals surface area (Å²) in [4.78, 5) is 33.6. The van der Waals surface area contributed by atoms with E-state index in [0.29, 0.717) is 0 Å². The van der Waals surface area contributed by atoms with Crippen molar-refractivity contribution in [2.75, 3.05) is 0 Å². The number of carboxylic acid groups (broad SMARTS) is 1. The van der Waals surface area contributed by atoms with Gasteiger partial charge < -0.3 is 10.4 Å². The Morgan fingerprint density at radius 3 is 2.24 bits per heavy atom.